The minimum Gasteiger partial charge on any atom is -0.460 e. The highest BCUT2D eigenvalue weighted by Gasteiger charge is 2.37. The number of carbonyl (C=O) groups is 1. The van der Waals surface area contributed by atoms with E-state index in [2.05, 4.69) is 43.0 Å². The van der Waals surface area contributed by atoms with Crippen LogP contribution in [0.15, 0.2) is 104 Å². The Labute approximate surface area is 231 Å². The summed E-state index contributed by atoms with van der Waals surface area (Å²) in [5, 5.41) is 0. The Morgan fingerprint density at radius 2 is 0.872 bits per heavy atom. The number of esters is 1. The molecule has 0 aliphatic heterocycles. The molecule has 0 spiro atoms. The normalized spacial score (nSPS) is 11.3. The van der Waals surface area contributed by atoms with Gasteiger partial charge in [-0.25, -0.2) is 4.79 Å². The third-order valence-electron chi connectivity index (χ3n) is 5.84. The van der Waals surface area contributed by atoms with Gasteiger partial charge in [0.05, 0.1) is 59.5 Å². The lowest BCUT2D eigenvalue weighted by Gasteiger charge is -2.36. The van der Waals surface area contributed by atoms with Crippen molar-refractivity contribution in [3.63, 3.8) is 0 Å². The van der Waals surface area contributed by atoms with Crippen molar-refractivity contribution in [2.75, 3.05) is 66.1 Å². The number of hydrogen-bond donors (Lipinski definition) is 0. The molecule has 0 heterocycles. The van der Waals surface area contributed by atoms with E-state index in [0.29, 0.717) is 59.5 Å². The van der Waals surface area contributed by atoms with Gasteiger partial charge in [0.2, 0.25) is 0 Å². The Morgan fingerprint density at radius 1 is 0.538 bits per heavy atom. The molecule has 208 valence electrons. The maximum Gasteiger partial charge on any atom is 0.330 e. The van der Waals surface area contributed by atoms with Crippen molar-refractivity contribution in [3.05, 3.63) is 120 Å². The Morgan fingerprint density at radius 3 is 1.23 bits per heavy atom. The van der Waals surface area contributed by atoms with Gasteiger partial charge in [-0.05, 0) is 16.7 Å². The van der Waals surface area contributed by atoms with Crippen LogP contribution in [-0.2, 0) is 38.8 Å². The standard InChI is InChI=1S/C32H38O7/c1-2-31(33)38-26-24-36-22-20-34-18-19-35-21-23-37-25-27-39-32(28-12-6-3-7-13-28,29-14-8-4-9-15-29)30-16-10-5-11-17-30/h2-17H,1,18-27H2. The predicted molar refractivity (Wildman–Crippen MR) is 150 cm³/mol. The summed E-state index contributed by atoms with van der Waals surface area (Å²) in [6.07, 6.45) is 1.12. The van der Waals surface area contributed by atoms with E-state index in [-0.39, 0.29) is 6.61 Å². The molecule has 7 heteroatoms. The third kappa shape index (κ3) is 10.1. The Hall–Kier alpha value is -3.33. The van der Waals surface area contributed by atoms with Crippen LogP contribution in [-0.4, -0.2) is 72.0 Å². The zero-order chi connectivity index (χ0) is 27.4. The molecular formula is C32H38O7. The van der Waals surface area contributed by atoms with Crippen LogP contribution in [0.2, 0.25) is 0 Å². The van der Waals surface area contributed by atoms with Crippen LogP contribution in [0.4, 0.5) is 0 Å². The monoisotopic (exact) mass is 534 g/mol. The van der Waals surface area contributed by atoms with E-state index in [1.54, 1.807) is 0 Å². The zero-order valence-corrected chi connectivity index (χ0v) is 22.4. The molecule has 3 rings (SSSR count). The van der Waals surface area contributed by atoms with Gasteiger partial charge in [0.1, 0.15) is 12.2 Å². The minimum atomic E-state index is -0.749. The quantitative estimate of drug-likeness (QED) is 0.0893. The average Bonchev–Trinajstić information content (AvgIpc) is 3.00. The first-order chi connectivity index (χ1) is 19.3. The van der Waals surface area contributed by atoms with Crippen LogP contribution in [0, 0.1) is 0 Å². The van der Waals surface area contributed by atoms with Crippen molar-refractivity contribution in [1.29, 1.82) is 0 Å². The SMILES string of the molecule is C=CC(=O)OCCOCCOCCOCCOCCOC(c1ccccc1)(c1ccccc1)c1ccccc1. The van der Waals surface area contributed by atoms with Crippen molar-refractivity contribution in [2.45, 2.75) is 5.60 Å². The fourth-order valence-electron chi connectivity index (χ4n) is 4.04. The summed E-state index contributed by atoms with van der Waals surface area (Å²) in [5.41, 5.74) is 2.44. The lowest BCUT2D eigenvalue weighted by Crippen LogP contribution is -2.34. The van der Waals surface area contributed by atoms with Crippen molar-refractivity contribution in [1.82, 2.24) is 0 Å². The Kier molecular flexibility index (Phi) is 14.0. The number of benzene rings is 3. The average molecular weight is 535 g/mol. The molecule has 0 saturated heterocycles. The van der Waals surface area contributed by atoms with Gasteiger partial charge >= 0.3 is 5.97 Å². The molecule has 0 radical (unpaired) electrons. The second-order valence-electron chi connectivity index (χ2n) is 8.45. The fourth-order valence-corrected chi connectivity index (χ4v) is 4.04. The predicted octanol–water partition coefficient (Wildman–Crippen LogP) is 4.79. The molecule has 3 aromatic rings. The molecule has 0 bridgehead atoms. The van der Waals surface area contributed by atoms with Crippen LogP contribution in [0.1, 0.15) is 16.7 Å². The van der Waals surface area contributed by atoms with Crippen LogP contribution in [0.25, 0.3) is 0 Å². The summed E-state index contributed by atoms with van der Waals surface area (Å²) in [7, 11) is 0. The van der Waals surface area contributed by atoms with Gasteiger partial charge in [-0.1, -0.05) is 97.6 Å². The number of carbonyl (C=O) groups excluding carboxylic acids is 1. The van der Waals surface area contributed by atoms with E-state index in [9.17, 15) is 4.79 Å². The molecule has 0 atom stereocenters. The first-order valence-corrected chi connectivity index (χ1v) is 13.2. The summed E-state index contributed by atoms with van der Waals surface area (Å²) in [5.74, 6) is -0.455. The molecule has 7 nitrogen and oxygen atoms in total. The first-order valence-electron chi connectivity index (χ1n) is 13.2. The largest absolute Gasteiger partial charge is 0.460 e. The molecule has 0 aromatic heterocycles. The topological polar surface area (TPSA) is 72.5 Å². The maximum atomic E-state index is 10.9. The molecular weight excluding hydrogens is 496 g/mol. The molecule has 0 unspecified atom stereocenters. The van der Waals surface area contributed by atoms with Gasteiger partial charge < -0.3 is 28.4 Å². The fraction of sp³-hybridized carbons (Fsp3) is 0.344. The van der Waals surface area contributed by atoms with E-state index in [4.69, 9.17) is 28.4 Å². The highest BCUT2D eigenvalue weighted by molar-refractivity contribution is 5.81. The second kappa shape index (κ2) is 18.0. The van der Waals surface area contributed by atoms with E-state index in [1.807, 2.05) is 54.6 Å². The van der Waals surface area contributed by atoms with Crippen molar-refractivity contribution in [2.24, 2.45) is 0 Å². The second-order valence-corrected chi connectivity index (χ2v) is 8.45. The van der Waals surface area contributed by atoms with E-state index < -0.39 is 11.6 Å². The van der Waals surface area contributed by atoms with E-state index in [1.165, 1.54) is 0 Å². The highest BCUT2D eigenvalue weighted by atomic mass is 16.6. The summed E-state index contributed by atoms with van der Waals surface area (Å²) in [6, 6.07) is 30.9. The summed E-state index contributed by atoms with van der Waals surface area (Å²) in [4.78, 5) is 10.9. The zero-order valence-electron chi connectivity index (χ0n) is 22.4. The summed E-state index contributed by atoms with van der Waals surface area (Å²) < 4.78 is 33.6. The third-order valence-corrected chi connectivity index (χ3v) is 5.84. The number of ether oxygens (including phenoxy) is 6. The van der Waals surface area contributed by atoms with Gasteiger partial charge in [0.15, 0.2) is 0 Å². The van der Waals surface area contributed by atoms with Crippen LogP contribution in [0.3, 0.4) is 0 Å². The van der Waals surface area contributed by atoms with Crippen LogP contribution < -0.4 is 0 Å². The first kappa shape index (κ1) is 30.2. The number of hydrogen-bond acceptors (Lipinski definition) is 7. The van der Waals surface area contributed by atoms with Gasteiger partial charge in [0, 0.05) is 6.08 Å². The van der Waals surface area contributed by atoms with Crippen molar-refractivity contribution in [3.8, 4) is 0 Å². The molecule has 0 aliphatic carbocycles. The van der Waals surface area contributed by atoms with Crippen LogP contribution in [0.5, 0.6) is 0 Å². The van der Waals surface area contributed by atoms with E-state index >= 15 is 0 Å². The smallest absolute Gasteiger partial charge is 0.330 e. The van der Waals surface area contributed by atoms with Gasteiger partial charge in [0.25, 0.3) is 0 Å². The lowest BCUT2D eigenvalue weighted by molar-refractivity contribution is -0.139. The molecule has 39 heavy (non-hydrogen) atoms. The van der Waals surface area contributed by atoms with Crippen LogP contribution >= 0.6 is 0 Å². The molecule has 0 aliphatic rings. The molecule has 0 N–H and O–H groups in total. The van der Waals surface area contributed by atoms with E-state index in [0.717, 1.165) is 22.8 Å². The summed E-state index contributed by atoms with van der Waals surface area (Å²) in [6.45, 7) is 7.43. The molecule has 0 fully saturated rings. The van der Waals surface area contributed by atoms with Gasteiger partial charge in [-0.3, -0.25) is 0 Å². The minimum absolute atomic E-state index is 0.199. The Balaban J connectivity index is 1.36. The molecule has 3 aromatic carbocycles. The highest BCUT2D eigenvalue weighted by Crippen LogP contribution is 2.40. The maximum absolute atomic E-state index is 10.9. The molecule has 0 amide bonds. The summed E-state index contributed by atoms with van der Waals surface area (Å²) >= 11 is 0. The molecule has 0 saturated carbocycles. The van der Waals surface area contributed by atoms with Crippen molar-refractivity contribution < 1.29 is 33.2 Å². The Bertz CT molecular complexity index is 961. The van der Waals surface area contributed by atoms with Gasteiger partial charge in [-0.2, -0.15) is 0 Å². The lowest BCUT2D eigenvalue weighted by atomic mass is 9.80. The van der Waals surface area contributed by atoms with Gasteiger partial charge in [-0.15, -0.1) is 0 Å². The number of rotatable bonds is 20. The van der Waals surface area contributed by atoms with Crippen molar-refractivity contribution >= 4 is 5.97 Å².